The lowest BCUT2D eigenvalue weighted by molar-refractivity contribution is -0.120. The van der Waals surface area contributed by atoms with Crippen LogP contribution in [0.15, 0.2) is 46.9 Å². The Labute approximate surface area is 201 Å². The molecule has 6 nitrogen and oxygen atoms in total. The summed E-state index contributed by atoms with van der Waals surface area (Å²) >= 11 is 5.01. The van der Waals surface area contributed by atoms with Crippen molar-refractivity contribution in [1.82, 2.24) is 9.88 Å². The van der Waals surface area contributed by atoms with Crippen molar-refractivity contribution in [2.45, 2.75) is 13.8 Å². The molecule has 1 heterocycles. The van der Waals surface area contributed by atoms with Crippen molar-refractivity contribution < 1.29 is 14.3 Å². The summed E-state index contributed by atoms with van der Waals surface area (Å²) in [7, 11) is 1.58. The number of ether oxygens (including phenoxy) is 2. The molecule has 0 saturated carbocycles. The van der Waals surface area contributed by atoms with E-state index in [1.807, 2.05) is 36.4 Å². The number of methoxy groups -OCH3 is 1. The normalized spacial score (nSPS) is 10.7. The maximum absolute atomic E-state index is 13.1. The van der Waals surface area contributed by atoms with E-state index in [0.717, 1.165) is 34.3 Å². The van der Waals surface area contributed by atoms with Gasteiger partial charge in [-0.2, -0.15) is 0 Å². The van der Waals surface area contributed by atoms with Gasteiger partial charge in [0.1, 0.15) is 0 Å². The number of halogens is 2. The van der Waals surface area contributed by atoms with Crippen molar-refractivity contribution in [3.63, 3.8) is 0 Å². The van der Waals surface area contributed by atoms with Crippen LogP contribution in [0, 0.1) is 0 Å². The molecule has 2 aromatic carbocycles. The van der Waals surface area contributed by atoms with Crippen molar-refractivity contribution in [1.29, 1.82) is 0 Å². The minimum Gasteiger partial charge on any atom is -0.493 e. The number of hydrogen-bond donors (Lipinski definition) is 0. The van der Waals surface area contributed by atoms with Crippen LogP contribution in [0.5, 0.6) is 11.5 Å². The van der Waals surface area contributed by atoms with E-state index in [9.17, 15) is 4.79 Å². The van der Waals surface area contributed by atoms with Gasteiger partial charge < -0.3 is 14.4 Å². The third kappa shape index (κ3) is 6.55. The second-order valence-electron chi connectivity index (χ2n) is 6.62. The van der Waals surface area contributed by atoms with Crippen LogP contribution in [0.2, 0.25) is 0 Å². The lowest BCUT2D eigenvalue weighted by Crippen LogP contribution is -2.41. The van der Waals surface area contributed by atoms with E-state index in [1.54, 1.807) is 18.1 Å². The van der Waals surface area contributed by atoms with Gasteiger partial charge in [0.2, 0.25) is 0 Å². The molecule has 3 aromatic rings. The Hall–Kier alpha value is -1.87. The van der Waals surface area contributed by atoms with E-state index in [4.69, 9.17) is 14.5 Å². The van der Waals surface area contributed by atoms with Gasteiger partial charge in [0.05, 0.1) is 17.3 Å². The number of rotatable bonds is 10. The molecule has 0 aliphatic heterocycles. The molecule has 0 spiro atoms. The number of aromatic nitrogens is 1. The van der Waals surface area contributed by atoms with Gasteiger partial charge in [-0.1, -0.05) is 53.2 Å². The summed E-state index contributed by atoms with van der Waals surface area (Å²) in [5, 5.41) is 0.684. The fourth-order valence-corrected chi connectivity index (χ4v) is 4.63. The molecular formula is C22H27BrClN3O3S. The van der Waals surface area contributed by atoms with Crippen molar-refractivity contribution in [3.05, 3.63) is 46.9 Å². The fraction of sp³-hybridized carbons (Fsp3) is 0.364. The standard InChI is InChI=1S/C22H26BrN3O3S.ClH/c1-4-25(5-2)12-13-26(22-24-17-11-10-16(23)14-20(17)30-22)21(27)15-29-19-9-7-6-8-18(19)28-3;/h6-11,14H,4-5,12-13,15H2,1-3H3;1H. The number of fused-ring (bicyclic) bond motifs is 1. The van der Waals surface area contributed by atoms with E-state index >= 15 is 0 Å². The van der Waals surface area contributed by atoms with E-state index in [2.05, 4.69) is 34.7 Å². The summed E-state index contributed by atoms with van der Waals surface area (Å²) < 4.78 is 13.1. The van der Waals surface area contributed by atoms with Gasteiger partial charge in [-0.15, -0.1) is 12.4 Å². The van der Waals surface area contributed by atoms with Gasteiger partial charge in [-0.05, 0) is 43.4 Å². The van der Waals surface area contributed by atoms with Gasteiger partial charge in [0.25, 0.3) is 5.91 Å². The molecule has 1 amide bonds. The highest BCUT2D eigenvalue weighted by Gasteiger charge is 2.21. The van der Waals surface area contributed by atoms with E-state index in [0.29, 0.717) is 23.2 Å². The quantitative estimate of drug-likeness (QED) is 0.360. The molecular weight excluding hydrogens is 502 g/mol. The Kier molecular flexibility index (Phi) is 10.0. The van der Waals surface area contributed by atoms with Crippen molar-refractivity contribution in [2.75, 3.05) is 44.8 Å². The number of carbonyl (C=O) groups excluding carboxylic acids is 1. The molecule has 0 aliphatic rings. The van der Waals surface area contributed by atoms with Gasteiger partial charge in [0, 0.05) is 17.6 Å². The lowest BCUT2D eigenvalue weighted by atomic mass is 10.3. The number of likely N-dealkylation sites (N-methyl/N-ethyl adjacent to an activating group) is 1. The molecule has 0 fully saturated rings. The second kappa shape index (κ2) is 12.2. The highest BCUT2D eigenvalue weighted by molar-refractivity contribution is 9.10. The zero-order valence-electron chi connectivity index (χ0n) is 17.8. The molecule has 0 saturated heterocycles. The van der Waals surface area contributed by atoms with Crippen LogP contribution in [0.1, 0.15) is 13.8 Å². The molecule has 31 heavy (non-hydrogen) atoms. The summed E-state index contributed by atoms with van der Waals surface area (Å²) in [5.74, 6) is 1.02. The van der Waals surface area contributed by atoms with E-state index in [1.165, 1.54) is 11.3 Å². The third-order valence-corrected chi connectivity index (χ3v) is 6.36. The molecule has 3 rings (SSSR count). The van der Waals surface area contributed by atoms with Gasteiger partial charge in [-0.3, -0.25) is 9.69 Å². The Morgan fingerprint density at radius 1 is 1.10 bits per heavy atom. The zero-order valence-corrected chi connectivity index (χ0v) is 21.1. The average Bonchev–Trinajstić information content (AvgIpc) is 3.18. The number of benzene rings is 2. The fourth-order valence-electron chi connectivity index (χ4n) is 3.07. The topological polar surface area (TPSA) is 54.9 Å². The lowest BCUT2D eigenvalue weighted by Gasteiger charge is -2.24. The number of nitrogens with zero attached hydrogens (tertiary/aromatic N) is 3. The number of thiazole rings is 1. The van der Waals surface area contributed by atoms with Crippen LogP contribution in [0.4, 0.5) is 5.13 Å². The molecule has 1 aromatic heterocycles. The largest absolute Gasteiger partial charge is 0.493 e. The molecule has 0 radical (unpaired) electrons. The minimum absolute atomic E-state index is 0. The first-order chi connectivity index (χ1) is 14.5. The van der Waals surface area contributed by atoms with Crippen LogP contribution in [-0.2, 0) is 4.79 Å². The first-order valence-corrected chi connectivity index (χ1v) is 11.5. The van der Waals surface area contributed by atoms with Gasteiger partial charge >= 0.3 is 0 Å². The van der Waals surface area contributed by atoms with Crippen LogP contribution >= 0.6 is 39.7 Å². The summed E-state index contributed by atoms with van der Waals surface area (Å²) in [4.78, 5) is 21.9. The number of amides is 1. The van der Waals surface area contributed by atoms with Crippen molar-refractivity contribution >= 4 is 60.9 Å². The zero-order chi connectivity index (χ0) is 21.5. The third-order valence-electron chi connectivity index (χ3n) is 4.83. The first-order valence-electron chi connectivity index (χ1n) is 9.90. The van der Waals surface area contributed by atoms with E-state index in [-0.39, 0.29) is 24.9 Å². The van der Waals surface area contributed by atoms with Crippen LogP contribution in [0.3, 0.4) is 0 Å². The number of anilines is 1. The van der Waals surface area contributed by atoms with Crippen molar-refractivity contribution in [2.24, 2.45) is 0 Å². The summed E-state index contributed by atoms with van der Waals surface area (Å²) in [6.07, 6.45) is 0. The number of para-hydroxylation sites is 2. The van der Waals surface area contributed by atoms with Gasteiger partial charge in [0.15, 0.2) is 23.2 Å². The van der Waals surface area contributed by atoms with Crippen molar-refractivity contribution in [3.8, 4) is 11.5 Å². The Morgan fingerprint density at radius 3 is 2.48 bits per heavy atom. The molecule has 0 atom stereocenters. The van der Waals surface area contributed by atoms with Crippen LogP contribution < -0.4 is 14.4 Å². The van der Waals surface area contributed by atoms with E-state index < -0.39 is 0 Å². The Morgan fingerprint density at radius 2 is 1.81 bits per heavy atom. The van der Waals surface area contributed by atoms with Crippen LogP contribution in [0.25, 0.3) is 10.2 Å². The van der Waals surface area contributed by atoms with Gasteiger partial charge in [-0.25, -0.2) is 4.98 Å². The summed E-state index contributed by atoms with van der Waals surface area (Å²) in [6, 6.07) is 13.3. The minimum atomic E-state index is -0.133. The Bertz CT molecular complexity index is 997. The molecule has 0 aliphatic carbocycles. The Balaban J connectivity index is 0.00000341. The highest BCUT2D eigenvalue weighted by atomic mass is 79.9. The molecule has 9 heteroatoms. The maximum Gasteiger partial charge on any atom is 0.266 e. The predicted molar refractivity (Wildman–Crippen MR) is 133 cm³/mol. The monoisotopic (exact) mass is 527 g/mol. The molecule has 0 N–H and O–H groups in total. The molecule has 0 unspecified atom stereocenters. The maximum atomic E-state index is 13.1. The summed E-state index contributed by atoms with van der Waals surface area (Å²) in [5.41, 5.74) is 0.879. The average molecular weight is 529 g/mol. The SMILES string of the molecule is CCN(CC)CCN(C(=O)COc1ccccc1OC)c1nc2ccc(Br)cc2s1.Cl. The molecule has 0 bridgehead atoms. The second-order valence-corrected chi connectivity index (χ2v) is 8.55. The first kappa shape index (κ1) is 25.4. The van der Waals surface area contributed by atoms with Crippen LogP contribution in [-0.4, -0.2) is 55.7 Å². The number of hydrogen-bond acceptors (Lipinski definition) is 6. The smallest absolute Gasteiger partial charge is 0.266 e. The molecule has 168 valence electrons. The summed E-state index contributed by atoms with van der Waals surface area (Å²) in [6.45, 7) is 7.35. The highest BCUT2D eigenvalue weighted by Crippen LogP contribution is 2.31. The number of carbonyl (C=O) groups is 1. The predicted octanol–water partition coefficient (Wildman–Crippen LogP) is 5.24.